The van der Waals surface area contributed by atoms with Crippen molar-refractivity contribution >= 4 is 27.0 Å². The van der Waals surface area contributed by atoms with Crippen LogP contribution in [0.3, 0.4) is 0 Å². The molecule has 0 atom stereocenters. The molecule has 0 N–H and O–H groups in total. The van der Waals surface area contributed by atoms with Gasteiger partial charge >= 0.3 is 0 Å². The highest BCUT2D eigenvalue weighted by atomic mass is 32.2. The van der Waals surface area contributed by atoms with Gasteiger partial charge in [0.15, 0.2) is 4.21 Å². The smallest absolute Gasteiger partial charge is 0.256 e. The van der Waals surface area contributed by atoms with Crippen LogP contribution < -0.4 is 9.64 Å². The number of nitrogens with zero attached hydrogens (tertiary/aromatic N) is 2. The highest BCUT2D eigenvalue weighted by Crippen LogP contribution is 2.36. The van der Waals surface area contributed by atoms with Crippen LogP contribution in [0.4, 0.5) is 10.1 Å². The third-order valence-electron chi connectivity index (χ3n) is 5.23. The number of fused-ring (bicyclic) bond motifs is 1. The summed E-state index contributed by atoms with van der Waals surface area (Å²) in [5.41, 5.74) is 2.14. The van der Waals surface area contributed by atoms with Gasteiger partial charge in [-0.1, -0.05) is 0 Å². The first-order valence-electron chi connectivity index (χ1n) is 8.67. The summed E-state index contributed by atoms with van der Waals surface area (Å²) in [4.78, 5) is 2.31. The van der Waals surface area contributed by atoms with Crippen LogP contribution in [0.15, 0.2) is 33.9 Å². The predicted octanol–water partition coefficient (Wildman–Crippen LogP) is 3.11. The van der Waals surface area contributed by atoms with Gasteiger partial charge in [-0.25, -0.2) is 12.8 Å². The lowest BCUT2D eigenvalue weighted by Crippen LogP contribution is -2.46. The standard InChI is InChI=1S/C18H21FN2O3S2/c1-24-17-7-11-25-18(17)26(22,23)20-8-5-15(6-9-20)21-10-4-13-12-14(19)2-3-16(13)21/h2-3,7,11-12,15H,4-6,8-10H2,1H3. The Labute approximate surface area is 157 Å². The molecule has 1 aromatic carbocycles. The van der Waals surface area contributed by atoms with Gasteiger partial charge in [0.2, 0.25) is 0 Å². The predicted molar refractivity (Wildman–Crippen MR) is 100 cm³/mol. The second kappa shape index (κ2) is 6.83. The van der Waals surface area contributed by atoms with Crippen LogP contribution in [0.2, 0.25) is 0 Å². The number of thiophene rings is 1. The van der Waals surface area contributed by atoms with E-state index < -0.39 is 10.0 Å². The van der Waals surface area contributed by atoms with E-state index in [2.05, 4.69) is 4.90 Å². The number of anilines is 1. The van der Waals surface area contributed by atoms with Gasteiger partial charge in [0.1, 0.15) is 11.6 Å². The van der Waals surface area contributed by atoms with E-state index in [1.54, 1.807) is 21.8 Å². The van der Waals surface area contributed by atoms with Gasteiger partial charge < -0.3 is 9.64 Å². The molecule has 1 saturated heterocycles. The van der Waals surface area contributed by atoms with Gasteiger partial charge in [-0.05, 0) is 54.5 Å². The largest absolute Gasteiger partial charge is 0.494 e. The van der Waals surface area contributed by atoms with Crippen LogP contribution in [0.25, 0.3) is 0 Å². The van der Waals surface area contributed by atoms with E-state index >= 15 is 0 Å². The molecule has 0 radical (unpaired) electrons. The van der Waals surface area contributed by atoms with Crippen LogP contribution in [0, 0.1) is 5.82 Å². The average Bonchev–Trinajstić information content (AvgIpc) is 3.28. The van der Waals surface area contributed by atoms with Gasteiger partial charge in [-0.15, -0.1) is 11.3 Å². The first-order valence-corrected chi connectivity index (χ1v) is 11.0. The molecule has 0 aliphatic carbocycles. The molecular weight excluding hydrogens is 375 g/mol. The normalized spacial score (nSPS) is 18.9. The summed E-state index contributed by atoms with van der Waals surface area (Å²) in [7, 11) is -2.03. The molecule has 2 aliphatic heterocycles. The maximum atomic E-state index is 13.4. The molecule has 0 amide bonds. The summed E-state index contributed by atoms with van der Waals surface area (Å²) >= 11 is 1.19. The van der Waals surface area contributed by atoms with E-state index in [4.69, 9.17) is 4.74 Å². The van der Waals surface area contributed by atoms with Crippen molar-refractivity contribution in [2.45, 2.75) is 29.5 Å². The van der Waals surface area contributed by atoms with E-state index in [-0.39, 0.29) is 10.0 Å². The number of ether oxygens (including phenoxy) is 1. The molecule has 0 saturated carbocycles. The molecule has 1 aromatic heterocycles. The molecule has 0 bridgehead atoms. The Hall–Kier alpha value is -1.64. The average molecular weight is 397 g/mol. The van der Waals surface area contributed by atoms with Crippen molar-refractivity contribution in [3.05, 3.63) is 41.0 Å². The minimum Gasteiger partial charge on any atom is -0.494 e. The maximum Gasteiger partial charge on any atom is 0.256 e. The number of piperidine rings is 1. The molecule has 3 heterocycles. The SMILES string of the molecule is COc1ccsc1S(=O)(=O)N1CCC(N2CCc3cc(F)ccc32)CC1. The third kappa shape index (κ3) is 3.00. The molecular formula is C18H21FN2O3S2. The number of hydrogen-bond donors (Lipinski definition) is 0. The van der Waals surface area contributed by atoms with Gasteiger partial charge in [-0.3, -0.25) is 0 Å². The number of sulfonamides is 1. The number of halogens is 1. The topological polar surface area (TPSA) is 49.9 Å². The molecule has 4 rings (SSSR count). The van der Waals surface area contributed by atoms with Crippen molar-refractivity contribution in [1.82, 2.24) is 4.31 Å². The van der Waals surface area contributed by atoms with Gasteiger partial charge in [0, 0.05) is 31.4 Å². The van der Waals surface area contributed by atoms with E-state index in [1.807, 2.05) is 6.07 Å². The van der Waals surface area contributed by atoms with Crippen molar-refractivity contribution in [3.8, 4) is 5.75 Å². The Morgan fingerprint density at radius 2 is 1.96 bits per heavy atom. The van der Waals surface area contributed by atoms with Gasteiger partial charge in [0.25, 0.3) is 10.0 Å². The van der Waals surface area contributed by atoms with Crippen molar-refractivity contribution in [1.29, 1.82) is 0 Å². The summed E-state index contributed by atoms with van der Waals surface area (Å²) in [5, 5.41) is 1.73. The lowest BCUT2D eigenvalue weighted by atomic mass is 10.0. The molecule has 8 heteroatoms. The lowest BCUT2D eigenvalue weighted by molar-refractivity contribution is 0.311. The maximum absolute atomic E-state index is 13.4. The van der Waals surface area contributed by atoms with Gasteiger partial charge in [-0.2, -0.15) is 4.31 Å². The van der Waals surface area contributed by atoms with E-state index in [0.29, 0.717) is 24.9 Å². The number of hydrogen-bond acceptors (Lipinski definition) is 5. The zero-order valence-electron chi connectivity index (χ0n) is 14.5. The Balaban J connectivity index is 1.47. The molecule has 2 aliphatic rings. The quantitative estimate of drug-likeness (QED) is 0.797. The van der Waals surface area contributed by atoms with E-state index in [0.717, 1.165) is 37.1 Å². The minimum atomic E-state index is -3.52. The first kappa shape index (κ1) is 17.8. The van der Waals surface area contributed by atoms with Crippen LogP contribution in [-0.2, 0) is 16.4 Å². The van der Waals surface area contributed by atoms with Crippen molar-refractivity contribution in [2.75, 3.05) is 31.6 Å². The number of methoxy groups -OCH3 is 1. The highest BCUT2D eigenvalue weighted by Gasteiger charge is 2.35. The Morgan fingerprint density at radius 3 is 2.69 bits per heavy atom. The zero-order valence-corrected chi connectivity index (χ0v) is 16.2. The van der Waals surface area contributed by atoms with Crippen LogP contribution in [0.5, 0.6) is 5.75 Å². The van der Waals surface area contributed by atoms with Crippen molar-refractivity contribution < 1.29 is 17.5 Å². The fourth-order valence-electron chi connectivity index (χ4n) is 3.91. The molecule has 5 nitrogen and oxygen atoms in total. The second-order valence-corrected chi connectivity index (χ2v) is 9.68. The summed E-state index contributed by atoms with van der Waals surface area (Å²) in [5.74, 6) is 0.212. The highest BCUT2D eigenvalue weighted by molar-refractivity contribution is 7.91. The molecule has 26 heavy (non-hydrogen) atoms. The second-order valence-electron chi connectivity index (χ2n) is 6.63. The van der Waals surface area contributed by atoms with Crippen LogP contribution in [0.1, 0.15) is 18.4 Å². The third-order valence-corrected chi connectivity index (χ3v) is 8.55. The minimum absolute atomic E-state index is 0.198. The molecule has 2 aromatic rings. The summed E-state index contributed by atoms with van der Waals surface area (Å²) in [6.45, 7) is 1.84. The fourth-order valence-corrected chi connectivity index (χ4v) is 6.79. The summed E-state index contributed by atoms with van der Waals surface area (Å²) in [6, 6.07) is 6.93. The monoisotopic (exact) mass is 396 g/mol. The van der Waals surface area contributed by atoms with Crippen LogP contribution >= 0.6 is 11.3 Å². The van der Waals surface area contributed by atoms with Crippen molar-refractivity contribution in [3.63, 3.8) is 0 Å². The fraction of sp³-hybridized carbons (Fsp3) is 0.444. The number of benzene rings is 1. The zero-order chi connectivity index (χ0) is 18.3. The molecule has 140 valence electrons. The molecule has 1 fully saturated rings. The first-order chi connectivity index (χ1) is 12.5. The Morgan fingerprint density at radius 1 is 1.19 bits per heavy atom. The Bertz CT molecular complexity index is 905. The lowest BCUT2D eigenvalue weighted by Gasteiger charge is -2.37. The van der Waals surface area contributed by atoms with E-state index in [1.165, 1.54) is 24.5 Å². The van der Waals surface area contributed by atoms with Crippen LogP contribution in [-0.4, -0.2) is 45.5 Å². The summed E-state index contributed by atoms with van der Waals surface area (Å²) in [6.07, 6.45) is 2.38. The molecule has 0 spiro atoms. The van der Waals surface area contributed by atoms with Gasteiger partial charge in [0.05, 0.1) is 7.11 Å². The van der Waals surface area contributed by atoms with Crippen molar-refractivity contribution in [2.24, 2.45) is 0 Å². The number of rotatable bonds is 4. The summed E-state index contributed by atoms with van der Waals surface area (Å²) < 4.78 is 46.2. The molecule has 0 unspecified atom stereocenters. The Kier molecular flexibility index (Phi) is 4.66. The van der Waals surface area contributed by atoms with E-state index in [9.17, 15) is 12.8 Å².